The van der Waals surface area contributed by atoms with Crippen molar-refractivity contribution in [3.05, 3.63) is 71.8 Å². The van der Waals surface area contributed by atoms with E-state index in [9.17, 15) is 4.79 Å². The topological polar surface area (TPSA) is 41.1 Å². The number of thiocarbonyl (C=S) groups is 1. The second-order valence-electron chi connectivity index (χ2n) is 5.15. The van der Waals surface area contributed by atoms with Gasteiger partial charge in [0.15, 0.2) is 5.11 Å². The predicted octanol–water partition coefficient (Wildman–Crippen LogP) is 2.39. The van der Waals surface area contributed by atoms with Crippen LogP contribution in [0.3, 0.4) is 0 Å². The SMILES string of the molecule is O=C1NC(=S)NC1C(Cc1ccccc1)c1ccccc1. The summed E-state index contributed by atoms with van der Waals surface area (Å²) in [6.45, 7) is 0. The van der Waals surface area contributed by atoms with E-state index < -0.39 is 0 Å². The Bertz CT molecular complexity index is 642. The number of nitrogens with one attached hydrogen (secondary N) is 2. The molecular weight excluding hydrogens is 280 g/mol. The molecule has 0 spiro atoms. The maximum atomic E-state index is 12.1. The third-order valence-electron chi connectivity index (χ3n) is 3.73. The molecule has 2 unspecified atom stereocenters. The fraction of sp³-hybridized carbons (Fsp3) is 0.176. The maximum Gasteiger partial charge on any atom is 0.249 e. The molecule has 4 heteroatoms. The standard InChI is InChI=1S/C17H16N2OS/c20-16-15(18-17(21)19-16)14(13-9-5-2-6-10-13)11-12-7-3-1-4-8-12/h1-10,14-15H,11H2,(H2,18,19,20,21). The fourth-order valence-corrected chi connectivity index (χ4v) is 2.94. The summed E-state index contributed by atoms with van der Waals surface area (Å²) in [5.74, 6) is -0.00108. The van der Waals surface area contributed by atoms with E-state index in [2.05, 4.69) is 34.9 Å². The van der Waals surface area contributed by atoms with Gasteiger partial charge >= 0.3 is 0 Å². The van der Waals surface area contributed by atoms with Crippen molar-refractivity contribution in [2.45, 2.75) is 18.4 Å². The molecule has 2 N–H and O–H groups in total. The van der Waals surface area contributed by atoms with Crippen LogP contribution in [-0.2, 0) is 11.2 Å². The van der Waals surface area contributed by atoms with Crippen LogP contribution >= 0.6 is 12.2 Å². The predicted molar refractivity (Wildman–Crippen MR) is 87.0 cm³/mol. The molecule has 1 amide bonds. The monoisotopic (exact) mass is 296 g/mol. The van der Waals surface area contributed by atoms with E-state index in [-0.39, 0.29) is 17.9 Å². The minimum Gasteiger partial charge on any atom is -0.350 e. The van der Waals surface area contributed by atoms with E-state index in [4.69, 9.17) is 12.2 Å². The van der Waals surface area contributed by atoms with Crippen molar-refractivity contribution in [3.63, 3.8) is 0 Å². The van der Waals surface area contributed by atoms with Crippen LogP contribution in [0.4, 0.5) is 0 Å². The van der Waals surface area contributed by atoms with Crippen molar-refractivity contribution >= 4 is 23.2 Å². The zero-order valence-corrected chi connectivity index (χ0v) is 12.3. The molecule has 3 nitrogen and oxygen atoms in total. The average Bonchev–Trinajstić information content (AvgIpc) is 2.85. The highest BCUT2D eigenvalue weighted by molar-refractivity contribution is 7.80. The lowest BCUT2D eigenvalue weighted by Gasteiger charge is -2.22. The first-order valence-corrected chi connectivity index (χ1v) is 7.35. The number of benzene rings is 2. The summed E-state index contributed by atoms with van der Waals surface area (Å²) in [5.41, 5.74) is 2.34. The first-order valence-electron chi connectivity index (χ1n) is 6.94. The van der Waals surface area contributed by atoms with Crippen molar-refractivity contribution in [2.24, 2.45) is 0 Å². The van der Waals surface area contributed by atoms with Crippen molar-refractivity contribution in [1.82, 2.24) is 10.6 Å². The molecule has 1 heterocycles. The lowest BCUT2D eigenvalue weighted by atomic mass is 9.86. The van der Waals surface area contributed by atoms with Crippen LogP contribution in [0, 0.1) is 0 Å². The molecule has 0 saturated carbocycles. The lowest BCUT2D eigenvalue weighted by molar-refractivity contribution is -0.120. The van der Waals surface area contributed by atoms with E-state index in [1.807, 2.05) is 36.4 Å². The molecule has 2 aromatic rings. The molecule has 2 atom stereocenters. The van der Waals surface area contributed by atoms with Crippen LogP contribution in [0.2, 0.25) is 0 Å². The van der Waals surface area contributed by atoms with Gasteiger partial charge in [-0.25, -0.2) is 0 Å². The number of hydrogen-bond acceptors (Lipinski definition) is 2. The first kappa shape index (κ1) is 13.8. The Morgan fingerprint density at radius 2 is 1.62 bits per heavy atom. The van der Waals surface area contributed by atoms with Gasteiger partial charge in [0.25, 0.3) is 0 Å². The summed E-state index contributed by atoms with van der Waals surface area (Å²) in [4.78, 5) is 12.1. The van der Waals surface area contributed by atoms with Gasteiger partial charge in [0, 0.05) is 5.92 Å². The number of hydrogen-bond donors (Lipinski definition) is 2. The zero-order chi connectivity index (χ0) is 14.7. The lowest BCUT2D eigenvalue weighted by Crippen LogP contribution is -2.36. The largest absolute Gasteiger partial charge is 0.350 e. The summed E-state index contributed by atoms with van der Waals surface area (Å²) in [5, 5.41) is 6.19. The average molecular weight is 296 g/mol. The minimum absolute atomic E-state index is 0.0500. The van der Waals surface area contributed by atoms with E-state index in [0.29, 0.717) is 5.11 Å². The molecule has 1 saturated heterocycles. The van der Waals surface area contributed by atoms with Gasteiger partial charge in [-0.15, -0.1) is 0 Å². The fourth-order valence-electron chi connectivity index (χ4n) is 2.71. The number of amides is 1. The van der Waals surface area contributed by atoms with Crippen molar-refractivity contribution in [2.75, 3.05) is 0 Å². The van der Waals surface area contributed by atoms with Gasteiger partial charge in [-0.05, 0) is 29.8 Å². The van der Waals surface area contributed by atoms with Crippen LogP contribution in [0.25, 0.3) is 0 Å². The molecule has 1 fully saturated rings. The number of carbonyl (C=O) groups excluding carboxylic acids is 1. The molecule has 0 bridgehead atoms. The van der Waals surface area contributed by atoms with Gasteiger partial charge in [-0.2, -0.15) is 0 Å². The van der Waals surface area contributed by atoms with Crippen molar-refractivity contribution < 1.29 is 4.79 Å². The van der Waals surface area contributed by atoms with Gasteiger partial charge < -0.3 is 10.6 Å². The van der Waals surface area contributed by atoms with E-state index in [0.717, 1.165) is 12.0 Å². The zero-order valence-electron chi connectivity index (χ0n) is 11.5. The molecule has 0 aromatic heterocycles. The second-order valence-corrected chi connectivity index (χ2v) is 5.56. The Morgan fingerprint density at radius 3 is 2.19 bits per heavy atom. The third-order valence-corrected chi connectivity index (χ3v) is 3.95. The molecular formula is C17H16N2OS. The third kappa shape index (κ3) is 3.11. The van der Waals surface area contributed by atoms with Crippen LogP contribution in [0.15, 0.2) is 60.7 Å². The van der Waals surface area contributed by atoms with E-state index in [1.165, 1.54) is 5.56 Å². The van der Waals surface area contributed by atoms with Gasteiger partial charge in [0.1, 0.15) is 6.04 Å². The number of rotatable bonds is 4. The summed E-state index contributed by atoms with van der Waals surface area (Å²) < 4.78 is 0. The Morgan fingerprint density at radius 1 is 1.00 bits per heavy atom. The van der Waals surface area contributed by atoms with Crippen LogP contribution < -0.4 is 10.6 Å². The van der Waals surface area contributed by atoms with Gasteiger partial charge in [0.05, 0.1) is 0 Å². The molecule has 0 aliphatic carbocycles. The Hall–Kier alpha value is -2.20. The quantitative estimate of drug-likeness (QED) is 0.851. The summed E-state index contributed by atoms with van der Waals surface area (Å²) in [7, 11) is 0. The highest BCUT2D eigenvalue weighted by atomic mass is 32.1. The Kier molecular flexibility index (Phi) is 3.97. The molecule has 1 aliphatic rings. The smallest absolute Gasteiger partial charge is 0.249 e. The van der Waals surface area contributed by atoms with Gasteiger partial charge in [-0.1, -0.05) is 60.7 Å². The number of carbonyl (C=O) groups is 1. The highest BCUT2D eigenvalue weighted by Crippen LogP contribution is 2.26. The molecule has 0 radical (unpaired) electrons. The first-order chi connectivity index (χ1) is 10.2. The summed E-state index contributed by atoms with van der Waals surface area (Å²) in [6, 6.07) is 20.0. The van der Waals surface area contributed by atoms with Crippen LogP contribution in [0.5, 0.6) is 0 Å². The maximum absolute atomic E-state index is 12.1. The van der Waals surface area contributed by atoms with Crippen LogP contribution in [0.1, 0.15) is 17.0 Å². The summed E-state index contributed by atoms with van der Waals surface area (Å²) in [6.07, 6.45) is 0.790. The molecule has 3 rings (SSSR count). The minimum atomic E-state index is -0.319. The van der Waals surface area contributed by atoms with Crippen molar-refractivity contribution in [1.29, 1.82) is 0 Å². The molecule has 21 heavy (non-hydrogen) atoms. The van der Waals surface area contributed by atoms with E-state index in [1.54, 1.807) is 0 Å². The molecule has 1 aliphatic heterocycles. The Labute approximate surface area is 129 Å². The summed E-state index contributed by atoms with van der Waals surface area (Å²) >= 11 is 5.06. The van der Waals surface area contributed by atoms with Gasteiger partial charge in [0.2, 0.25) is 5.91 Å². The molecule has 106 valence electrons. The highest BCUT2D eigenvalue weighted by Gasteiger charge is 2.35. The normalized spacial score (nSPS) is 19.0. The van der Waals surface area contributed by atoms with Crippen molar-refractivity contribution in [3.8, 4) is 0 Å². The van der Waals surface area contributed by atoms with E-state index >= 15 is 0 Å². The second kappa shape index (κ2) is 6.06. The van der Waals surface area contributed by atoms with Crippen LogP contribution in [-0.4, -0.2) is 17.1 Å². The van der Waals surface area contributed by atoms with Gasteiger partial charge in [-0.3, -0.25) is 4.79 Å². The Balaban J connectivity index is 1.92. The molecule has 2 aromatic carbocycles.